The second-order valence-corrected chi connectivity index (χ2v) is 5.02. The number of amides is 2. The van der Waals surface area contributed by atoms with Crippen molar-refractivity contribution in [1.82, 2.24) is 4.98 Å². The molecule has 0 aliphatic heterocycles. The zero-order chi connectivity index (χ0) is 15.2. The third-order valence-electron chi connectivity index (χ3n) is 2.54. The predicted octanol–water partition coefficient (Wildman–Crippen LogP) is 3.12. The van der Waals surface area contributed by atoms with Crippen molar-refractivity contribution in [1.29, 1.82) is 0 Å². The van der Waals surface area contributed by atoms with Crippen molar-refractivity contribution >= 4 is 39.3 Å². The van der Waals surface area contributed by atoms with E-state index in [-0.39, 0.29) is 6.42 Å². The SMILES string of the molecule is O=C(O)Cc1ccc(NC(=O)Nc2ccccc2Br)cn1. The highest BCUT2D eigenvalue weighted by molar-refractivity contribution is 9.10. The summed E-state index contributed by atoms with van der Waals surface area (Å²) >= 11 is 3.33. The molecule has 2 aromatic rings. The van der Waals surface area contributed by atoms with Crippen LogP contribution >= 0.6 is 15.9 Å². The molecule has 0 aliphatic rings. The molecular weight excluding hydrogens is 338 g/mol. The van der Waals surface area contributed by atoms with Crippen molar-refractivity contribution in [2.24, 2.45) is 0 Å². The van der Waals surface area contributed by atoms with E-state index >= 15 is 0 Å². The summed E-state index contributed by atoms with van der Waals surface area (Å²) in [5, 5.41) is 14.0. The van der Waals surface area contributed by atoms with Crippen LogP contribution in [0.3, 0.4) is 0 Å². The van der Waals surface area contributed by atoms with Gasteiger partial charge in [-0.15, -0.1) is 0 Å². The van der Waals surface area contributed by atoms with Crippen molar-refractivity contribution in [2.45, 2.75) is 6.42 Å². The highest BCUT2D eigenvalue weighted by Crippen LogP contribution is 2.21. The molecule has 1 heterocycles. The zero-order valence-electron chi connectivity index (χ0n) is 10.8. The third kappa shape index (κ3) is 4.57. The monoisotopic (exact) mass is 349 g/mol. The number of carbonyl (C=O) groups excluding carboxylic acids is 1. The Bertz CT molecular complexity index is 659. The van der Waals surface area contributed by atoms with Crippen LogP contribution in [0, 0.1) is 0 Å². The first-order valence-corrected chi connectivity index (χ1v) is 6.83. The van der Waals surface area contributed by atoms with Gasteiger partial charge in [0.05, 0.1) is 29.7 Å². The van der Waals surface area contributed by atoms with Gasteiger partial charge in [0.15, 0.2) is 0 Å². The number of hydrogen-bond donors (Lipinski definition) is 3. The van der Waals surface area contributed by atoms with Crippen LogP contribution < -0.4 is 10.6 Å². The Morgan fingerprint density at radius 1 is 1.14 bits per heavy atom. The molecule has 0 spiro atoms. The first kappa shape index (κ1) is 15.0. The van der Waals surface area contributed by atoms with E-state index in [9.17, 15) is 9.59 Å². The molecule has 0 fully saturated rings. The van der Waals surface area contributed by atoms with Gasteiger partial charge < -0.3 is 15.7 Å². The topological polar surface area (TPSA) is 91.3 Å². The highest BCUT2D eigenvalue weighted by Gasteiger charge is 2.06. The second kappa shape index (κ2) is 6.85. The summed E-state index contributed by atoms with van der Waals surface area (Å²) in [6.45, 7) is 0. The van der Waals surface area contributed by atoms with E-state index < -0.39 is 12.0 Å². The fourth-order valence-corrected chi connectivity index (χ4v) is 1.99. The summed E-state index contributed by atoms with van der Waals surface area (Å²) in [5.41, 5.74) is 1.55. The van der Waals surface area contributed by atoms with Crippen molar-refractivity contribution in [3.05, 3.63) is 52.8 Å². The van der Waals surface area contributed by atoms with Crippen LogP contribution in [0.2, 0.25) is 0 Å². The van der Waals surface area contributed by atoms with Crippen LogP contribution in [0.4, 0.5) is 16.2 Å². The molecule has 21 heavy (non-hydrogen) atoms. The van der Waals surface area contributed by atoms with Gasteiger partial charge in [-0.3, -0.25) is 9.78 Å². The van der Waals surface area contributed by atoms with E-state index in [1.54, 1.807) is 18.2 Å². The van der Waals surface area contributed by atoms with E-state index in [4.69, 9.17) is 5.11 Å². The Hall–Kier alpha value is -2.41. The molecule has 7 heteroatoms. The largest absolute Gasteiger partial charge is 0.481 e. The lowest BCUT2D eigenvalue weighted by Gasteiger charge is -2.09. The fourth-order valence-electron chi connectivity index (χ4n) is 1.61. The third-order valence-corrected chi connectivity index (χ3v) is 3.23. The minimum atomic E-state index is -0.949. The van der Waals surface area contributed by atoms with Crippen molar-refractivity contribution in [2.75, 3.05) is 10.6 Å². The number of pyridine rings is 1. The first-order valence-electron chi connectivity index (χ1n) is 6.04. The quantitative estimate of drug-likeness (QED) is 0.790. The average molecular weight is 350 g/mol. The number of aliphatic carboxylic acids is 1. The fraction of sp³-hybridized carbons (Fsp3) is 0.0714. The standard InChI is InChI=1S/C14H12BrN3O3/c15-11-3-1-2-4-12(11)18-14(21)17-10-6-5-9(16-8-10)7-13(19)20/h1-6,8H,7H2,(H,19,20)(H2,17,18,21). The number of benzene rings is 1. The van der Waals surface area contributed by atoms with Crippen LogP contribution in [-0.2, 0) is 11.2 Å². The lowest BCUT2D eigenvalue weighted by molar-refractivity contribution is -0.136. The molecule has 1 aromatic carbocycles. The first-order chi connectivity index (χ1) is 10.0. The van der Waals surface area contributed by atoms with E-state index in [2.05, 4.69) is 31.5 Å². The zero-order valence-corrected chi connectivity index (χ0v) is 12.4. The minimum Gasteiger partial charge on any atom is -0.481 e. The lowest BCUT2D eigenvalue weighted by atomic mass is 10.2. The van der Waals surface area contributed by atoms with Gasteiger partial charge in [-0.25, -0.2) is 4.79 Å². The van der Waals surface area contributed by atoms with Crippen molar-refractivity contribution in [3.8, 4) is 0 Å². The van der Waals surface area contributed by atoms with Crippen molar-refractivity contribution in [3.63, 3.8) is 0 Å². The normalized spacial score (nSPS) is 9.95. The summed E-state index contributed by atoms with van der Waals surface area (Å²) < 4.78 is 0.773. The number of para-hydroxylation sites is 1. The molecule has 3 N–H and O–H groups in total. The van der Waals surface area contributed by atoms with Gasteiger partial charge in [-0.2, -0.15) is 0 Å². The predicted molar refractivity (Wildman–Crippen MR) is 82.4 cm³/mol. The molecule has 0 bridgehead atoms. The number of nitrogens with one attached hydrogen (secondary N) is 2. The van der Waals surface area contributed by atoms with Gasteiger partial charge in [0.1, 0.15) is 0 Å². The summed E-state index contributed by atoms with van der Waals surface area (Å²) in [6.07, 6.45) is 1.27. The molecule has 0 aliphatic carbocycles. The number of rotatable bonds is 4. The number of nitrogens with zero attached hydrogens (tertiary/aromatic N) is 1. The molecule has 2 amide bonds. The highest BCUT2D eigenvalue weighted by atomic mass is 79.9. The molecule has 0 atom stereocenters. The molecule has 0 saturated heterocycles. The molecule has 0 saturated carbocycles. The summed E-state index contributed by atoms with van der Waals surface area (Å²) in [4.78, 5) is 26.3. The van der Waals surface area contributed by atoms with Crippen LogP contribution in [-0.4, -0.2) is 22.1 Å². The molecule has 0 radical (unpaired) electrons. The lowest BCUT2D eigenvalue weighted by Crippen LogP contribution is -2.19. The average Bonchev–Trinajstić information content (AvgIpc) is 2.43. The molecule has 1 aromatic heterocycles. The molecule has 0 unspecified atom stereocenters. The number of carbonyl (C=O) groups is 2. The molecule has 6 nitrogen and oxygen atoms in total. The van der Waals surface area contributed by atoms with E-state index in [1.807, 2.05) is 18.2 Å². The smallest absolute Gasteiger partial charge is 0.323 e. The molecule has 108 valence electrons. The van der Waals surface area contributed by atoms with Crippen LogP contribution in [0.5, 0.6) is 0 Å². The molecule has 2 rings (SSSR count). The Kier molecular flexibility index (Phi) is 4.89. The number of urea groups is 1. The Morgan fingerprint density at radius 2 is 1.90 bits per heavy atom. The number of carboxylic acids is 1. The molecular formula is C14H12BrN3O3. The van der Waals surface area contributed by atoms with Crippen LogP contribution in [0.25, 0.3) is 0 Å². The summed E-state index contributed by atoms with van der Waals surface area (Å²) in [6, 6.07) is 9.98. The maximum atomic E-state index is 11.8. The van der Waals surface area contributed by atoms with Crippen molar-refractivity contribution < 1.29 is 14.7 Å². The number of aromatic nitrogens is 1. The van der Waals surface area contributed by atoms with Gasteiger partial charge >= 0.3 is 12.0 Å². The Labute approximate surface area is 129 Å². The van der Waals surface area contributed by atoms with E-state index in [0.29, 0.717) is 17.1 Å². The Balaban J connectivity index is 1.96. The van der Waals surface area contributed by atoms with Gasteiger partial charge in [0.2, 0.25) is 0 Å². The second-order valence-electron chi connectivity index (χ2n) is 4.17. The number of anilines is 2. The summed E-state index contributed by atoms with van der Waals surface area (Å²) in [5.74, 6) is -0.949. The van der Waals surface area contributed by atoms with Gasteiger partial charge in [-0.05, 0) is 40.2 Å². The number of carboxylic acid groups (broad SMARTS) is 1. The van der Waals surface area contributed by atoms with Crippen LogP contribution in [0.1, 0.15) is 5.69 Å². The summed E-state index contributed by atoms with van der Waals surface area (Å²) in [7, 11) is 0. The minimum absolute atomic E-state index is 0.149. The maximum absolute atomic E-state index is 11.8. The van der Waals surface area contributed by atoms with Crippen LogP contribution in [0.15, 0.2) is 47.1 Å². The maximum Gasteiger partial charge on any atom is 0.323 e. The van der Waals surface area contributed by atoms with E-state index in [0.717, 1.165) is 4.47 Å². The number of halogens is 1. The van der Waals surface area contributed by atoms with Gasteiger partial charge in [0, 0.05) is 4.47 Å². The number of hydrogen-bond acceptors (Lipinski definition) is 3. The Morgan fingerprint density at radius 3 is 2.52 bits per heavy atom. The van der Waals surface area contributed by atoms with Gasteiger partial charge in [0.25, 0.3) is 0 Å². The van der Waals surface area contributed by atoms with Gasteiger partial charge in [-0.1, -0.05) is 12.1 Å². The van der Waals surface area contributed by atoms with E-state index in [1.165, 1.54) is 6.20 Å².